The number of thiophene rings is 1. The number of rotatable bonds is 8. The van der Waals surface area contributed by atoms with Gasteiger partial charge in [0.1, 0.15) is 0 Å². The van der Waals surface area contributed by atoms with Gasteiger partial charge in [0.25, 0.3) is 0 Å². The molecule has 0 saturated carbocycles. The number of nitrogens with zero attached hydrogens (tertiary/aromatic N) is 2. The molecular formula is C48H44IrN2SSi-2. The Hall–Kier alpha value is -4.51. The van der Waals surface area contributed by atoms with E-state index in [9.17, 15) is 0 Å². The van der Waals surface area contributed by atoms with Crippen molar-refractivity contribution in [3.05, 3.63) is 164 Å². The third kappa shape index (κ3) is 8.66. The van der Waals surface area contributed by atoms with Crippen molar-refractivity contribution >= 4 is 44.8 Å². The third-order valence-corrected chi connectivity index (χ3v) is 12.9. The summed E-state index contributed by atoms with van der Waals surface area (Å²) in [6, 6.07) is 53.2. The molecular weight excluding hydrogens is 857 g/mol. The largest absolute Gasteiger partial charge is 0.305 e. The molecule has 3 heterocycles. The summed E-state index contributed by atoms with van der Waals surface area (Å²) in [5.74, 6) is -0.573. The molecule has 0 fully saturated rings. The fraction of sp³-hybridized carbons (Fsp3) is 0.167. The maximum absolute atomic E-state index is 8.84. The molecule has 2 nitrogen and oxygen atoms in total. The van der Waals surface area contributed by atoms with Gasteiger partial charge in [-0.3, -0.25) is 0 Å². The molecule has 0 bridgehead atoms. The number of benzene rings is 5. The maximum atomic E-state index is 8.84. The molecule has 8 rings (SSSR count). The second-order valence-corrected chi connectivity index (χ2v) is 20.2. The first-order valence-corrected chi connectivity index (χ1v) is 22.4. The summed E-state index contributed by atoms with van der Waals surface area (Å²) >= 11 is 1.80. The molecule has 53 heavy (non-hydrogen) atoms. The van der Waals surface area contributed by atoms with E-state index >= 15 is 0 Å². The molecule has 267 valence electrons. The van der Waals surface area contributed by atoms with Crippen molar-refractivity contribution in [2.75, 3.05) is 0 Å². The Labute approximate surface area is 334 Å². The van der Waals surface area contributed by atoms with Gasteiger partial charge in [-0.1, -0.05) is 147 Å². The summed E-state index contributed by atoms with van der Waals surface area (Å²) in [4.78, 5) is 9.29. The minimum Gasteiger partial charge on any atom is -0.305 e. The first-order chi connectivity index (χ1) is 25.7. The van der Waals surface area contributed by atoms with Crippen LogP contribution in [0.15, 0.2) is 146 Å². The molecule has 0 unspecified atom stereocenters. The van der Waals surface area contributed by atoms with Crippen LogP contribution < -0.4 is 5.19 Å². The van der Waals surface area contributed by atoms with Crippen molar-refractivity contribution in [1.29, 1.82) is 0 Å². The summed E-state index contributed by atoms with van der Waals surface area (Å²) < 4.78 is 11.3. The van der Waals surface area contributed by atoms with Crippen LogP contribution in [-0.2, 0) is 20.1 Å². The van der Waals surface area contributed by atoms with Gasteiger partial charge in [-0.05, 0) is 68.7 Å². The van der Waals surface area contributed by atoms with Gasteiger partial charge in [0, 0.05) is 38.6 Å². The zero-order valence-corrected chi connectivity index (χ0v) is 35.1. The zero-order chi connectivity index (χ0) is 37.0. The molecule has 0 N–H and O–H groups in total. The van der Waals surface area contributed by atoms with Crippen LogP contribution in [0.1, 0.15) is 39.5 Å². The van der Waals surface area contributed by atoms with Crippen molar-refractivity contribution in [2.45, 2.75) is 52.2 Å². The molecule has 0 saturated heterocycles. The standard InChI is InChI=1S/C28H24NS.C20H20NSi.Ir/c1-3-19(4-2)22-15-16-29-26(17-22)25-12-8-11-24-23-14-13-21(18-27(23)30-28(24)25)20-9-6-5-7-10-20;1-22(2,3)19-13-14-20(21-15-19)18-11-9-17(10-12-18)16-7-5-4-6-8-16;/h5-11,13-19H,3-4H2,1-2H3;4-11,13-15H,1-3H3;/q2*-1;/i19D;;. The second kappa shape index (κ2) is 17.1. The van der Waals surface area contributed by atoms with E-state index in [-0.39, 0.29) is 20.1 Å². The summed E-state index contributed by atoms with van der Waals surface area (Å²) in [5, 5.41) is 3.89. The van der Waals surface area contributed by atoms with Crippen LogP contribution in [-0.4, -0.2) is 18.0 Å². The summed E-state index contributed by atoms with van der Waals surface area (Å²) in [7, 11) is -1.28. The predicted molar refractivity (Wildman–Crippen MR) is 227 cm³/mol. The fourth-order valence-corrected chi connectivity index (χ4v) is 8.86. The van der Waals surface area contributed by atoms with Crippen LogP contribution >= 0.6 is 11.3 Å². The van der Waals surface area contributed by atoms with Crippen molar-refractivity contribution < 1.29 is 21.5 Å². The number of aromatic nitrogens is 2. The fourth-order valence-electron chi connectivity index (χ4n) is 6.58. The van der Waals surface area contributed by atoms with Gasteiger partial charge in [0.15, 0.2) is 0 Å². The van der Waals surface area contributed by atoms with Gasteiger partial charge < -0.3 is 9.97 Å². The average Bonchev–Trinajstić information content (AvgIpc) is 3.59. The quantitative estimate of drug-likeness (QED) is 0.112. The monoisotopic (exact) mass is 902 g/mol. The van der Waals surface area contributed by atoms with Crippen LogP contribution in [0, 0.1) is 12.1 Å². The minimum atomic E-state index is -1.28. The third-order valence-electron chi connectivity index (χ3n) is 9.64. The van der Waals surface area contributed by atoms with E-state index in [1.54, 1.807) is 11.3 Å². The molecule has 1 radical (unpaired) electrons. The Morgan fingerprint density at radius 2 is 1.38 bits per heavy atom. The van der Waals surface area contributed by atoms with Crippen molar-refractivity contribution in [3.63, 3.8) is 0 Å². The van der Waals surface area contributed by atoms with Crippen LogP contribution in [0.5, 0.6) is 0 Å². The number of fused-ring (bicyclic) bond motifs is 3. The van der Waals surface area contributed by atoms with Gasteiger partial charge in [-0.25, -0.2) is 0 Å². The number of hydrogen-bond donors (Lipinski definition) is 0. The first kappa shape index (κ1) is 36.8. The van der Waals surface area contributed by atoms with Crippen molar-refractivity contribution in [3.8, 4) is 44.8 Å². The van der Waals surface area contributed by atoms with E-state index in [1.807, 2.05) is 42.7 Å². The minimum absolute atomic E-state index is 0. The Kier molecular flexibility index (Phi) is 11.9. The molecule has 0 aliphatic rings. The normalized spacial score (nSPS) is 11.8. The SMILES string of the molecule is C[Si](C)(C)c1ccc(-c2[c-]cc(-c3ccccc3)cc2)nc1.[2H]C(CC)(CC)c1ccnc(-c2[c-]ccc3c2sc2cc(-c4ccccc4)ccc23)c1.[Ir]. The molecule has 0 atom stereocenters. The summed E-state index contributed by atoms with van der Waals surface area (Å²) in [6.45, 7) is 11.2. The van der Waals surface area contributed by atoms with E-state index < -0.39 is 14.0 Å². The van der Waals surface area contributed by atoms with E-state index in [2.05, 4.69) is 159 Å². The molecule has 0 spiro atoms. The molecule has 5 heteroatoms. The maximum Gasteiger partial charge on any atom is 0.0795 e. The Morgan fingerprint density at radius 1 is 0.679 bits per heavy atom. The second-order valence-electron chi connectivity index (χ2n) is 14.1. The number of pyridine rings is 2. The van der Waals surface area contributed by atoms with Gasteiger partial charge in [0.2, 0.25) is 0 Å². The Bertz CT molecular complexity index is 2450. The number of hydrogen-bond acceptors (Lipinski definition) is 3. The van der Waals surface area contributed by atoms with Gasteiger partial charge in [-0.15, -0.1) is 53.6 Å². The van der Waals surface area contributed by atoms with E-state index in [0.29, 0.717) is 0 Å². The summed E-state index contributed by atoms with van der Waals surface area (Å²) in [6.07, 6.45) is 5.44. The van der Waals surface area contributed by atoms with Gasteiger partial charge in [-0.2, -0.15) is 11.3 Å². The van der Waals surface area contributed by atoms with Gasteiger partial charge >= 0.3 is 0 Å². The molecule has 0 amide bonds. The predicted octanol–water partition coefficient (Wildman–Crippen LogP) is 13.2. The van der Waals surface area contributed by atoms with Crippen LogP contribution in [0.2, 0.25) is 19.6 Å². The molecule has 8 aromatic rings. The van der Waals surface area contributed by atoms with Crippen LogP contribution in [0.3, 0.4) is 0 Å². The van der Waals surface area contributed by atoms with E-state index in [0.717, 1.165) is 40.9 Å². The van der Waals surface area contributed by atoms with Crippen LogP contribution in [0.25, 0.3) is 64.9 Å². The average molecular weight is 902 g/mol. The molecule has 0 aliphatic heterocycles. The Morgan fingerprint density at radius 3 is 2.00 bits per heavy atom. The molecule has 0 aliphatic carbocycles. The van der Waals surface area contributed by atoms with Crippen molar-refractivity contribution in [1.82, 2.24) is 9.97 Å². The molecule has 5 aromatic carbocycles. The Balaban J connectivity index is 0.000000191. The van der Waals surface area contributed by atoms with Crippen LogP contribution in [0.4, 0.5) is 0 Å². The van der Waals surface area contributed by atoms with E-state index in [4.69, 9.17) is 1.37 Å². The topological polar surface area (TPSA) is 25.8 Å². The first-order valence-electron chi connectivity index (χ1n) is 18.6. The zero-order valence-electron chi connectivity index (χ0n) is 31.9. The smallest absolute Gasteiger partial charge is 0.0795 e. The van der Waals surface area contributed by atoms with Crippen molar-refractivity contribution in [2.24, 2.45) is 0 Å². The van der Waals surface area contributed by atoms with Gasteiger partial charge in [0.05, 0.1) is 8.07 Å². The summed E-state index contributed by atoms with van der Waals surface area (Å²) in [5.41, 5.74) is 9.84. The van der Waals surface area contributed by atoms with E-state index in [1.165, 1.54) is 47.6 Å². The molecule has 3 aromatic heterocycles.